The van der Waals surface area contributed by atoms with E-state index >= 15 is 0 Å². The molecule has 16 heavy (non-hydrogen) atoms. The number of alkyl halides is 1. The summed E-state index contributed by atoms with van der Waals surface area (Å²) in [7, 11) is 1.88. The van der Waals surface area contributed by atoms with Gasteiger partial charge in [0.1, 0.15) is 5.82 Å². The molecule has 0 N–H and O–H groups in total. The number of hydrogen-bond donors (Lipinski definition) is 0. The van der Waals surface area contributed by atoms with Crippen molar-refractivity contribution in [1.29, 1.82) is 0 Å². The van der Waals surface area contributed by atoms with E-state index in [1.54, 1.807) is 0 Å². The third-order valence-corrected chi connectivity index (χ3v) is 3.73. The van der Waals surface area contributed by atoms with Crippen LogP contribution in [0.4, 0.5) is 0 Å². The van der Waals surface area contributed by atoms with E-state index in [0.717, 1.165) is 21.7 Å². The maximum Gasteiger partial charge on any atom is 0.163 e. The fourth-order valence-corrected chi connectivity index (χ4v) is 2.02. The Kier molecular flexibility index (Phi) is 3.52. The van der Waals surface area contributed by atoms with Crippen molar-refractivity contribution < 1.29 is 0 Å². The lowest BCUT2D eigenvalue weighted by Gasteiger charge is -2.03. The average molecular weight is 321 g/mol. The molecule has 0 unspecified atom stereocenters. The van der Waals surface area contributed by atoms with Crippen LogP contribution in [0.2, 0.25) is 5.02 Å². The molecule has 1 aromatic heterocycles. The van der Waals surface area contributed by atoms with Crippen LogP contribution < -0.4 is 0 Å². The number of nitrogens with zero attached hydrogens (tertiary/aromatic N) is 3. The molecule has 0 saturated carbocycles. The predicted molar refractivity (Wildman–Crippen MR) is 68.7 cm³/mol. The maximum absolute atomic E-state index is 6.03. The van der Waals surface area contributed by atoms with Crippen molar-refractivity contribution in [2.45, 2.75) is 5.88 Å². The molecular weight excluding hydrogens is 313 g/mol. The first-order chi connectivity index (χ1) is 7.63. The molecule has 0 aliphatic carbocycles. The lowest BCUT2D eigenvalue weighted by Crippen LogP contribution is -1.97. The Hall–Kier alpha value is -0.580. The van der Waals surface area contributed by atoms with E-state index in [9.17, 15) is 0 Å². The van der Waals surface area contributed by atoms with Crippen molar-refractivity contribution in [2.75, 3.05) is 0 Å². The van der Waals surface area contributed by atoms with Crippen molar-refractivity contribution in [1.82, 2.24) is 14.8 Å². The summed E-state index contributed by atoms with van der Waals surface area (Å²) < 4.78 is 2.71. The van der Waals surface area contributed by atoms with Gasteiger partial charge in [0.2, 0.25) is 0 Å². The zero-order valence-corrected chi connectivity index (χ0v) is 11.5. The van der Waals surface area contributed by atoms with Gasteiger partial charge in [0.25, 0.3) is 0 Å². The van der Waals surface area contributed by atoms with Crippen molar-refractivity contribution >= 4 is 39.1 Å². The molecule has 0 saturated heterocycles. The predicted octanol–water partition coefficient (Wildman–Crippen LogP) is 3.64. The van der Waals surface area contributed by atoms with Crippen molar-refractivity contribution in [2.24, 2.45) is 7.05 Å². The normalized spacial score (nSPS) is 10.8. The molecule has 0 spiro atoms. The van der Waals surface area contributed by atoms with E-state index < -0.39 is 0 Å². The zero-order valence-electron chi connectivity index (χ0n) is 8.41. The molecule has 0 amide bonds. The standard InChI is InChI=1S/C10H8BrCl2N3/c1-16-9(5-12)14-15-10(16)6-2-3-7(11)8(13)4-6/h2-4H,5H2,1H3. The molecule has 84 valence electrons. The Morgan fingerprint density at radius 2 is 2.12 bits per heavy atom. The summed E-state index contributed by atoms with van der Waals surface area (Å²) in [4.78, 5) is 0. The van der Waals surface area contributed by atoms with Gasteiger partial charge in [-0.05, 0) is 34.1 Å². The quantitative estimate of drug-likeness (QED) is 0.791. The minimum atomic E-state index is 0.341. The monoisotopic (exact) mass is 319 g/mol. The summed E-state index contributed by atoms with van der Waals surface area (Å²) in [5.74, 6) is 1.83. The van der Waals surface area contributed by atoms with E-state index in [1.807, 2.05) is 29.8 Å². The SMILES string of the molecule is Cn1c(CCl)nnc1-c1ccc(Br)c(Cl)c1. The number of hydrogen-bond acceptors (Lipinski definition) is 2. The second-order valence-corrected chi connectivity index (χ2v) is 4.79. The van der Waals surface area contributed by atoms with E-state index in [1.165, 1.54) is 0 Å². The average Bonchev–Trinajstić information content (AvgIpc) is 2.64. The molecule has 1 heterocycles. The smallest absolute Gasteiger partial charge is 0.163 e. The van der Waals surface area contributed by atoms with Gasteiger partial charge in [0.05, 0.1) is 10.9 Å². The molecule has 2 rings (SSSR count). The van der Waals surface area contributed by atoms with E-state index in [0.29, 0.717) is 10.9 Å². The summed E-state index contributed by atoms with van der Waals surface area (Å²) >= 11 is 15.1. The van der Waals surface area contributed by atoms with Crippen LogP contribution in [0.15, 0.2) is 22.7 Å². The third-order valence-electron chi connectivity index (χ3n) is 2.26. The minimum Gasteiger partial charge on any atom is -0.313 e. The Balaban J connectivity index is 2.50. The first kappa shape index (κ1) is 11.9. The highest BCUT2D eigenvalue weighted by atomic mass is 79.9. The summed E-state index contributed by atoms with van der Waals surface area (Å²) in [6, 6.07) is 5.65. The summed E-state index contributed by atoms with van der Waals surface area (Å²) in [6.45, 7) is 0. The highest BCUT2D eigenvalue weighted by Gasteiger charge is 2.10. The van der Waals surface area contributed by atoms with E-state index in [-0.39, 0.29) is 0 Å². The Morgan fingerprint density at radius 1 is 1.38 bits per heavy atom. The van der Waals surface area contributed by atoms with Gasteiger partial charge in [0.15, 0.2) is 5.82 Å². The summed E-state index contributed by atoms with van der Waals surface area (Å²) in [5, 5.41) is 8.72. The lowest BCUT2D eigenvalue weighted by atomic mass is 10.2. The molecule has 0 atom stereocenters. The molecule has 0 aliphatic heterocycles. The Bertz CT molecular complexity index is 525. The van der Waals surface area contributed by atoms with E-state index in [4.69, 9.17) is 23.2 Å². The van der Waals surface area contributed by atoms with Gasteiger partial charge in [-0.3, -0.25) is 0 Å². The van der Waals surface area contributed by atoms with Crippen LogP contribution in [-0.4, -0.2) is 14.8 Å². The molecule has 0 radical (unpaired) electrons. The largest absolute Gasteiger partial charge is 0.313 e. The summed E-state index contributed by atoms with van der Waals surface area (Å²) in [5.41, 5.74) is 0.916. The van der Waals surface area contributed by atoms with Crippen LogP contribution in [0, 0.1) is 0 Å². The summed E-state index contributed by atoms with van der Waals surface area (Å²) in [6.07, 6.45) is 0. The van der Waals surface area contributed by atoms with Crippen LogP contribution in [-0.2, 0) is 12.9 Å². The highest BCUT2D eigenvalue weighted by Crippen LogP contribution is 2.27. The van der Waals surface area contributed by atoms with Crippen LogP contribution in [0.5, 0.6) is 0 Å². The van der Waals surface area contributed by atoms with Crippen LogP contribution in [0.1, 0.15) is 5.82 Å². The van der Waals surface area contributed by atoms with Gasteiger partial charge in [-0.2, -0.15) is 0 Å². The molecule has 0 aliphatic rings. The molecule has 0 fully saturated rings. The number of aromatic nitrogens is 3. The third kappa shape index (κ3) is 2.10. The van der Waals surface area contributed by atoms with Gasteiger partial charge in [-0.1, -0.05) is 11.6 Å². The van der Waals surface area contributed by atoms with E-state index in [2.05, 4.69) is 26.1 Å². The topological polar surface area (TPSA) is 30.7 Å². The first-order valence-corrected chi connectivity index (χ1v) is 6.23. The molecule has 0 bridgehead atoms. The molecule has 2 aromatic rings. The van der Waals surface area contributed by atoms with Crippen molar-refractivity contribution in [3.05, 3.63) is 33.5 Å². The van der Waals surface area contributed by atoms with Gasteiger partial charge in [-0.15, -0.1) is 21.8 Å². The molecule has 3 nitrogen and oxygen atoms in total. The second-order valence-electron chi connectivity index (χ2n) is 3.26. The van der Waals surface area contributed by atoms with Gasteiger partial charge < -0.3 is 4.57 Å². The van der Waals surface area contributed by atoms with Crippen molar-refractivity contribution in [3.8, 4) is 11.4 Å². The van der Waals surface area contributed by atoms with Crippen LogP contribution >= 0.6 is 39.1 Å². The van der Waals surface area contributed by atoms with Gasteiger partial charge in [0, 0.05) is 17.1 Å². The van der Waals surface area contributed by atoms with Gasteiger partial charge in [-0.25, -0.2) is 0 Å². The number of halogens is 3. The van der Waals surface area contributed by atoms with Crippen LogP contribution in [0.3, 0.4) is 0 Å². The lowest BCUT2D eigenvalue weighted by molar-refractivity contribution is 0.853. The fraction of sp³-hybridized carbons (Fsp3) is 0.200. The second kappa shape index (κ2) is 4.73. The maximum atomic E-state index is 6.03. The first-order valence-electron chi connectivity index (χ1n) is 4.53. The Morgan fingerprint density at radius 3 is 2.69 bits per heavy atom. The van der Waals surface area contributed by atoms with Gasteiger partial charge >= 0.3 is 0 Å². The highest BCUT2D eigenvalue weighted by molar-refractivity contribution is 9.10. The number of rotatable bonds is 2. The van der Waals surface area contributed by atoms with Crippen LogP contribution in [0.25, 0.3) is 11.4 Å². The molecule has 6 heteroatoms. The molecular formula is C10H8BrCl2N3. The zero-order chi connectivity index (χ0) is 11.7. The minimum absolute atomic E-state index is 0.341. The van der Waals surface area contributed by atoms with Crippen molar-refractivity contribution in [3.63, 3.8) is 0 Å². The molecule has 1 aromatic carbocycles. The number of benzene rings is 1. The Labute approximate surface area is 112 Å². The fourth-order valence-electron chi connectivity index (χ4n) is 1.36.